The van der Waals surface area contributed by atoms with Crippen molar-refractivity contribution in [1.82, 2.24) is 15.3 Å². The number of benzene rings is 1. The Bertz CT molecular complexity index is 707. The van der Waals surface area contributed by atoms with E-state index in [-0.39, 0.29) is 0 Å². The maximum atomic E-state index is 11.6. The fraction of sp³-hybridized carbons (Fsp3) is 0.389. The summed E-state index contributed by atoms with van der Waals surface area (Å²) < 4.78 is 10.9. The number of rotatable bonds is 5. The first kappa shape index (κ1) is 19.0. The zero-order valence-electron chi connectivity index (χ0n) is 14.8. The molecular weight excluding hydrogens is 342 g/mol. The van der Waals surface area contributed by atoms with Gasteiger partial charge in [-0.3, -0.25) is 0 Å². The first-order valence-corrected chi connectivity index (χ1v) is 8.34. The number of nitrogens with one attached hydrogen (secondary N) is 1. The van der Waals surface area contributed by atoms with Crippen LogP contribution < -0.4 is 10.1 Å². The third-order valence-electron chi connectivity index (χ3n) is 3.01. The standard InChI is InChI=1S/C18H22ClN3O3/c1-12-21-15(19)11-16(22-12)24-14-7-5-13(6-8-14)9-10-20-17(23)25-18(2,3)4/h5-8,11H,9-10H2,1-4H3,(H,20,23). The molecule has 0 aliphatic carbocycles. The van der Waals surface area contributed by atoms with Crippen LogP contribution in [0.2, 0.25) is 5.15 Å². The van der Waals surface area contributed by atoms with Gasteiger partial charge in [-0.1, -0.05) is 23.7 Å². The second kappa shape index (κ2) is 8.16. The first-order chi connectivity index (χ1) is 11.7. The smallest absolute Gasteiger partial charge is 0.407 e. The van der Waals surface area contributed by atoms with E-state index in [0.29, 0.717) is 35.6 Å². The zero-order valence-corrected chi connectivity index (χ0v) is 15.6. The molecule has 0 aliphatic heterocycles. The Labute approximate surface area is 152 Å². The molecule has 0 atom stereocenters. The normalized spacial score (nSPS) is 11.1. The van der Waals surface area contributed by atoms with Crippen molar-refractivity contribution in [2.24, 2.45) is 0 Å². The van der Waals surface area contributed by atoms with Crippen LogP contribution in [0.4, 0.5) is 4.79 Å². The highest BCUT2D eigenvalue weighted by molar-refractivity contribution is 6.29. The summed E-state index contributed by atoms with van der Waals surface area (Å²) in [6, 6.07) is 9.11. The van der Waals surface area contributed by atoms with E-state index >= 15 is 0 Å². The topological polar surface area (TPSA) is 73.3 Å². The first-order valence-electron chi connectivity index (χ1n) is 7.96. The van der Waals surface area contributed by atoms with Gasteiger partial charge in [-0.05, 0) is 51.8 Å². The van der Waals surface area contributed by atoms with Gasteiger partial charge < -0.3 is 14.8 Å². The molecule has 25 heavy (non-hydrogen) atoms. The molecule has 6 nitrogen and oxygen atoms in total. The van der Waals surface area contributed by atoms with E-state index in [2.05, 4.69) is 15.3 Å². The quantitative estimate of drug-likeness (QED) is 0.802. The summed E-state index contributed by atoms with van der Waals surface area (Å²) in [7, 11) is 0. The lowest BCUT2D eigenvalue weighted by Gasteiger charge is -2.19. The third kappa shape index (κ3) is 6.97. The lowest BCUT2D eigenvalue weighted by atomic mass is 10.1. The summed E-state index contributed by atoms with van der Waals surface area (Å²) >= 11 is 5.89. The molecular formula is C18H22ClN3O3. The van der Waals surface area contributed by atoms with Gasteiger partial charge in [0.2, 0.25) is 5.88 Å². The highest BCUT2D eigenvalue weighted by Gasteiger charge is 2.15. The molecule has 1 aromatic heterocycles. The van der Waals surface area contributed by atoms with E-state index in [0.717, 1.165) is 5.56 Å². The summed E-state index contributed by atoms with van der Waals surface area (Å²) in [6.07, 6.45) is 0.279. The van der Waals surface area contributed by atoms with Gasteiger partial charge in [0.15, 0.2) is 0 Å². The number of halogens is 1. The monoisotopic (exact) mass is 363 g/mol. The van der Waals surface area contributed by atoms with Crippen molar-refractivity contribution in [2.75, 3.05) is 6.54 Å². The van der Waals surface area contributed by atoms with Crippen molar-refractivity contribution in [3.63, 3.8) is 0 Å². The molecule has 1 N–H and O–H groups in total. The summed E-state index contributed by atoms with van der Waals surface area (Å²) in [6.45, 7) is 7.74. The molecule has 0 saturated heterocycles. The Kier molecular flexibility index (Phi) is 6.20. The molecule has 0 saturated carbocycles. The molecule has 2 aromatic rings. The van der Waals surface area contributed by atoms with Crippen LogP contribution in [0, 0.1) is 6.92 Å². The minimum absolute atomic E-state index is 0.340. The molecule has 0 aliphatic rings. The molecule has 1 amide bonds. The number of alkyl carbamates (subject to hydrolysis) is 1. The molecule has 0 fully saturated rings. The van der Waals surface area contributed by atoms with Gasteiger partial charge in [0, 0.05) is 12.6 Å². The minimum atomic E-state index is -0.495. The molecule has 0 unspecified atom stereocenters. The van der Waals surface area contributed by atoms with Crippen molar-refractivity contribution in [3.8, 4) is 11.6 Å². The number of amides is 1. The fourth-order valence-electron chi connectivity index (χ4n) is 2.03. The number of nitrogens with zero attached hydrogens (tertiary/aromatic N) is 2. The number of hydrogen-bond acceptors (Lipinski definition) is 5. The van der Waals surface area contributed by atoms with Crippen molar-refractivity contribution < 1.29 is 14.3 Å². The largest absolute Gasteiger partial charge is 0.444 e. The fourth-order valence-corrected chi connectivity index (χ4v) is 2.24. The molecule has 0 bridgehead atoms. The maximum Gasteiger partial charge on any atom is 0.407 e. The Morgan fingerprint density at radius 3 is 2.48 bits per heavy atom. The Morgan fingerprint density at radius 2 is 1.88 bits per heavy atom. The van der Waals surface area contributed by atoms with Crippen LogP contribution in [0.5, 0.6) is 11.6 Å². The van der Waals surface area contributed by atoms with Crippen molar-refractivity contribution in [2.45, 2.75) is 39.7 Å². The number of ether oxygens (including phenoxy) is 2. The summed E-state index contributed by atoms with van der Waals surface area (Å²) in [5.74, 6) is 1.60. The molecule has 134 valence electrons. The number of hydrogen-bond donors (Lipinski definition) is 1. The summed E-state index contributed by atoms with van der Waals surface area (Å²) in [4.78, 5) is 19.7. The van der Waals surface area contributed by atoms with Crippen LogP contribution in [0.15, 0.2) is 30.3 Å². The van der Waals surface area contributed by atoms with Crippen LogP contribution in [-0.2, 0) is 11.2 Å². The van der Waals surface area contributed by atoms with Crippen LogP contribution in [0.25, 0.3) is 0 Å². The Hall–Kier alpha value is -2.34. The van der Waals surface area contributed by atoms with E-state index in [1.807, 2.05) is 45.0 Å². The van der Waals surface area contributed by atoms with Gasteiger partial charge in [-0.2, -0.15) is 4.98 Å². The van der Waals surface area contributed by atoms with Crippen LogP contribution in [0.1, 0.15) is 32.2 Å². The highest BCUT2D eigenvalue weighted by atomic mass is 35.5. The lowest BCUT2D eigenvalue weighted by Crippen LogP contribution is -2.33. The molecule has 7 heteroatoms. The van der Waals surface area contributed by atoms with E-state index in [1.165, 1.54) is 0 Å². The number of carbonyl (C=O) groups is 1. The summed E-state index contributed by atoms with van der Waals surface area (Å²) in [5, 5.41) is 3.07. The van der Waals surface area contributed by atoms with Crippen molar-refractivity contribution in [1.29, 1.82) is 0 Å². The third-order valence-corrected chi connectivity index (χ3v) is 3.20. The SMILES string of the molecule is Cc1nc(Cl)cc(Oc2ccc(CCNC(=O)OC(C)(C)C)cc2)n1. The van der Waals surface area contributed by atoms with Crippen LogP contribution in [-0.4, -0.2) is 28.2 Å². The molecule has 2 rings (SSSR count). The second-order valence-electron chi connectivity index (χ2n) is 6.50. The summed E-state index contributed by atoms with van der Waals surface area (Å²) in [5.41, 5.74) is 0.575. The van der Waals surface area contributed by atoms with E-state index in [9.17, 15) is 4.79 Å². The van der Waals surface area contributed by atoms with Gasteiger partial charge in [-0.25, -0.2) is 9.78 Å². The van der Waals surface area contributed by atoms with Gasteiger partial charge in [0.05, 0.1) is 0 Å². The highest BCUT2D eigenvalue weighted by Crippen LogP contribution is 2.22. The Morgan fingerprint density at radius 1 is 1.20 bits per heavy atom. The van der Waals surface area contributed by atoms with Crippen molar-refractivity contribution >= 4 is 17.7 Å². The van der Waals surface area contributed by atoms with Gasteiger partial charge in [-0.15, -0.1) is 0 Å². The van der Waals surface area contributed by atoms with Crippen molar-refractivity contribution in [3.05, 3.63) is 46.9 Å². The predicted octanol–water partition coefficient (Wildman–Crippen LogP) is 4.30. The number of aromatic nitrogens is 2. The molecule has 1 aromatic carbocycles. The van der Waals surface area contributed by atoms with Crippen LogP contribution in [0.3, 0.4) is 0 Å². The van der Waals surface area contributed by atoms with Gasteiger partial charge in [0.25, 0.3) is 0 Å². The Balaban J connectivity index is 1.84. The number of carbonyl (C=O) groups excluding carboxylic acids is 1. The predicted molar refractivity (Wildman–Crippen MR) is 96.2 cm³/mol. The maximum absolute atomic E-state index is 11.6. The average molecular weight is 364 g/mol. The van der Waals surface area contributed by atoms with E-state index in [4.69, 9.17) is 21.1 Å². The molecule has 1 heterocycles. The lowest BCUT2D eigenvalue weighted by molar-refractivity contribution is 0.0528. The van der Waals surface area contributed by atoms with E-state index < -0.39 is 11.7 Å². The zero-order chi connectivity index (χ0) is 18.4. The van der Waals surface area contributed by atoms with Gasteiger partial charge in [0.1, 0.15) is 22.3 Å². The van der Waals surface area contributed by atoms with E-state index in [1.54, 1.807) is 13.0 Å². The molecule has 0 radical (unpaired) electrons. The minimum Gasteiger partial charge on any atom is -0.444 e. The second-order valence-corrected chi connectivity index (χ2v) is 6.89. The van der Waals surface area contributed by atoms with Crippen LogP contribution >= 0.6 is 11.6 Å². The number of aryl methyl sites for hydroxylation is 1. The van der Waals surface area contributed by atoms with Gasteiger partial charge >= 0.3 is 6.09 Å². The average Bonchev–Trinajstić information content (AvgIpc) is 2.46. The molecule has 0 spiro atoms.